The van der Waals surface area contributed by atoms with E-state index in [2.05, 4.69) is 15.2 Å². The molecule has 0 saturated carbocycles. The van der Waals surface area contributed by atoms with Crippen LogP contribution in [0.25, 0.3) is 11.3 Å². The number of nitrogens with zero attached hydrogens (tertiary/aromatic N) is 3. The third-order valence-corrected chi connectivity index (χ3v) is 4.08. The van der Waals surface area contributed by atoms with Crippen LogP contribution in [0.1, 0.15) is 18.1 Å². The largest absolute Gasteiger partial charge is 0.441 e. The number of cyclic esters (lactones) is 1. The fourth-order valence-corrected chi connectivity index (χ4v) is 2.82. The smallest absolute Gasteiger partial charge is 0.416 e. The minimum absolute atomic E-state index is 0.197. The summed E-state index contributed by atoms with van der Waals surface area (Å²) in [6.07, 6.45) is 3.60. The molecule has 3 aromatic rings. The van der Waals surface area contributed by atoms with Crippen LogP contribution < -0.4 is 4.90 Å². The van der Waals surface area contributed by atoms with Gasteiger partial charge in [0.25, 0.3) is 0 Å². The molecule has 4 rings (SSSR count). The minimum atomic E-state index is -0.361. The minimum Gasteiger partial charge on any atom is -0.441 e. The maximum atomic E-state index is 12.4. The first-order valence-corrected chi connectivity index (χ1v) is 7.80. The van der Waals surface area contributed by atoms with Crippen molar-refractivity contribution in [1.82, 2.24) is 15.2 Å². The fourth-order valence-electron chi connectivity index (χ4n) is 2.82. The molecule has 1 N–H and O–H groups in total. The number of ether oxygens (including phenoxy) is 1. The van der Waals surface area contributed by atoms with E-state index in [0.29, 0.717) is 12.4 Å². The first-order chi connectivity index (χ1) is 11.8. The van der Waals surface area contributed by atoms with Crippen molar-refractivity contribution in [3.8, 4) is 11.3 Å². The maximum Gasteiger partial charge on any atom is 0.416 e. The Morgan fingerprint density at radius 1 is 1.12 bits per heavy atom. The molecule has 3 heterocycles. The first-order valence-electron chi connectivity index (χ1n) is 7.80. The molecule has 1 amide bonds. The SMILES string of the molecule is O=C1O[C@@H](c2ccccc2)CCN1c1cc(-c2ccncc2)n[nH]1. The Kier molecular flexibility index (Phi) is 3.70. The molecule has 1 saturated heterocycles. The molecule has 120 valence electrons. The number of pyridine rings is 1. The predicted molar refractivity (Wildman–Crippen MR) is 89.4 cm³/mol. The number of benzene rings is 1. The highest BCUT2D eigenvalue weighted by molar-refractivity contribution is 5.88. The number of rotatable bonds is 3. The number of anilines is 1. The van der Waals surface area contributed by atoms with Gasteiger partial charge in [-0.25, -0.2) is 4.79 Å². The highest BCUT2D eigenvalue weighted by Gasteiger charge is 2.30. The second kappa shape index (κ2) is 6.16. The van der Waals surface area contributed by atoms with Crippen LogP contribution in [0.4, 0.5) is 10.6 Å². The predicted octanol–water partition coefficient (Wildman–Crippen LogP) is 3.56. The Bertz CT molecular complexity index is 832. The summed E-state index contributed by atoms with van der Waals surface area (Å²) in [6, 6.07) is 15.4. The summed E-state index contributed by atoms with van der Waals surface area (Å²) in [4.78, 5) is 17.9. The molecule has 1 fully saturated rings. The lowest BCUT2D eigenvalue weighted by Crippen LogP contribution is -2.39. The number of carbonyl (C=O) groups is 1. The van der Waals surface area contributed by atoms with Crippen LogP contribution >= 0.6 is 0 Å². The Labute approximate surface area is 139 Å². The van der Waals surface area contributed by atoms with Crippen molar-refractivity contribution < 1.29 is 9.53 Å². The zero-order chi connectivity index (χ0) is 16.4. The van der Waals surface area contributed by atoms with Crippen LogP contribution in [0.5, 0.6) is 0 Å². The Morgan fingerprint density at radius 3 is 2.67 bits per heavy atom. The molecule has 0 unspecified atom stereocenters. The molecule has 24 heavy (non-hydrogen) atoms. The lowest BCUT2D eigenvalue weighted by molar-refractivity contribution is 0.0839. The Hall–Kier alpha value is -3.15. The summed E-state index contributed by atoms with van der Waals surface area (Å²) in [6.45, 7) is 0.580. The van der Waals surface area contributed by atoms with E-state index in [1.54, 1.807) is 17.3 Å². The van der Waals surface area contributed by atoms with Gasteiger partial charge in [-0.2, -0.15) is 5.10 Å². The van der Waals surface area contributed by atoms with Gasteiger partial charge in [-0.1, -0.05) is 30.3 Å². The standard InChI is InChI=1S/C18H16N4O2/c23-18-22(11-8-16(24-18)14-4-2-1-3-5-14)17-12-15(20-21-17)13-6-9-19-10-7-13/h1-7,9-10,12,16H,8,11H2,(H,20,21)/t16-/m1/s1. The molecule has 1 atom stereocenters. The van der Waals surface area contributed by atoms with Crippen molar-refractivity contribution in [3.63, 3.8) is 0 Å². The van der Waals surface area contributed by atoms with Crippen molar-refractivity contribution in [2.24, 2.45) is 0 Å². The van der Waals surface area contributed by atoms with E-state index >= 15 is 0 Å². The number of aromatic nitrogens is 3. The number of hydrogen-bond donors (Lipinski definition) is 1. The van der Waals surface area contributed by atoms with E-state index in [-0.39, 0.29) is 12.2 Å². The van der Waals surface area contributed by atoms with Gasteiger partial charge in [0, 0.05) is 37.0 Å². The van der Waals surface area contributed by atoms with Gasteiger partial charge in [0.05, 0.1) is 5.69 Å². The zero-order valence-electron chi connectivity index (χ0n) is 12.9. The third kappa shape index (κ3) is 2.74. The number of carbonyl (C=O) groups excluding carboxylic acids is 1. The van der Waals surface area contributed by atoms with Crippen LogP contribution in [-0.4, -0.2) is 27.8 Å². The van der Waals surface area contributed by atoms with Crippen molar-refractivity contribution in [3.05, 3.63) is 66.5 Å². The molecule has 0 bridgehead atoms. The molecule has 0 aliphatic carbocycles. The lowest BCUT2D eigenvalue weighted by atomic mass is 10.1. The summed E-state index contributed by atoms with van der Waals surface area (Å²) in [5.41, 5.74) is 2.73. The molecule has 0 radical (unpaired) electrons. The van der Waals surface area contributed by atoms with Gasteiger partial charge in [-0.15, -0.1) is 0 Å². The second-order valence-corrected chi connectivity index (χ2v) is 5.60. The average molecular weight is 320 g/mol. The van der Waals surface area contributed by atoms with Crippen LogP contribution in [0.3, 0.4) is 0 Å². The van der Waals surface area contributed by atoms with Gasteiger partial charge in [0.2, 0.25) is 0 Å². The zero-order valence-corrected chi connectivity index (χ0v) is 12.9. The Morgan fingerprint density at radius 2 is 1.92 bits per heavy atom. The van der Waals surface area contributed by atoms with Crippen LogP contribution in [0.15, 0.2) is 60.9 Å². The Balaban J connectivity index is 1.51. The van der Waals surface area contributed by atoms with E-state index < -0.39 is 0 Å². The van der Waals surface area contributed by atoms with Gasteiger partial charge >= 0.3 is 6.09 Å². The van der Waals surface area contributed by atoms with Crippen molar-refractivity contribution in [2.75, 3.05) is 11.4 Å². The molecule has 1 aromatic carbocycles. The van der Waals surface area contributed by atoms with Crippen LogP contribution in [0.2, 0.25) is 0 Å². The number of aromatic amines is 1. The van der Waals surface area contributed by atoms with Gasteiger partial charge in [0.1, 0.15) is 11.9 Å². The highest BCUT2D eigenvalue weighted by atomic mass is 16.6. The van der Waals surface area contributed by atoms with Gasteiger partial charge in [-0.3, -0.25) is 15.0 Å². The summed E-state index contributed by atoms with van der Waals surface area (Å²) < 4.78 is 5.58. The summed E-state index contributed by atoms with van der Waals surface area (Å²) in [7, 11) is 0. The van der Waals surface area contributed by atoms with Gasteiger partial charge in [-0.05, 0) is 17.7 Å². The average Bonchev–Trinajstić information content (AvgIpc) is 3.13. The summed E-state index contributed by atoms with van der Waals surface area (Å²) in [5, 5.41) is 7.18. The van der Waals surface area contributed by atoms with Gasteiger partial charge in [0.15, 0.2) is 0 Å². The molecule has 0 spiro atoms. The van der Waals surface area contributed by atoms with Crippen LogP contribution in [-0.2, 0) is 4.74 Å². The van der Waals surface area contributed by atoms with E-state index in [0.717, 1.165) is 23.2 Å². The summed E-state index contributed by atoms with van der Waals surface area (Å²) >= 11 is 0. The maximum absolute atomic E-state index is 12.4. The highest BCUT2D eigenvalue weighted by Crippen LogP contribution is 2.30. The number of H-pyrrole nitrogens is 1. The molecule has 6 nitrogen and oxygen atoms in total. The van der Waals surface area contributed by atoms with E-state index in [1.165, 1.54) is 0 Å². The normalized spacial score (nSPS) is 17.6. The number of hydrogen-bond acceptors (Lipinski definition) is 4. The molecule has 1 aliphatic heterocycles. The van der Waals surface area contributed by atoms with Crippen molar-refractivity contribution in [2.45, 2.75) is 12.5 Å². The number of amides is 1. The first kappa shape index (κ1) is 14.4. The molecular weight excluding hydrogens is 304 g/mol. The molecular formula is C18H16N4O2. The third-order valence-electron chi connectivity index (χ3n) is 4.08. The fraction of sp³-hybridized carbons (Fsp3) is 0.167. The molecule has 2 aromatic heterocycles. The number of nitrogens with one attached hydrogen (secondary N) is 1. The van der Waals surface area contributed by atoms with Crippen LogP contribution in [0, 0.1) is 0 Å². The summed E-state index contributed by atoms with van der Waals surface area (Å²) in [5.74, 6) is 0.637. The second-order valence-electron chi connectivity index (χ2n) is 5.60. The van der Waals surface area contributed by atoms with E-state index in [4.69, 9.17) is 4.74 Å². The van der Waals surface area contributed by atoms with E-state index in [9.17, 15) is 4.79 Å². The lowest BCUT2D eigenvalue weighted by Gasteiger charge is -2.30. The molecule has 1 aliphatic rings. The van der Waals surface area contributed by atoms with Crippen molar-refractivity contribution >= 4 is 11.9 Å². The molecule has 6 heteroatoms. The quantitative estimate of drug-likeness (QED) is 0.801. The van der Waals surface area contributed by atoms with E-state index in [1.807, 2.05) is 48.5 Å². The van der Waals surface area contributed by atoms with Crippen molar-refractivity contribution in [1.29, 1.82) is 0 Å². The topological polar surface area (TPSA) is 71.1 Å². The van der Waals surface area contributed by atoms with Gasteiger partial charge < -0.3 is 4.74 Å². The monoisotopic (exact) mass is 320 g/mol.